The van der Waals surface area contributed by atoms with Gasteiger partial charge in [-0.05, 0) is 38.1 Å². The second-order valence-corrected chi connectivity index (χ2v) is 5.18. The van der Waals surface area contributed by atoms with Crippen molar-refractivity contribution in [3.05, 3.63) is 0 Å². The highest BCUT2D eigenvalue weighted by molar-refractivity contribution is 5.94. The average molecular weight is 235 g/mol. The molecule has 1 N–H and O–H groups in total. The number of nitrogens with zero attached hydrogens (tertiary/aromatic N) is 3. The van der Waals surface area contributed by atoms with Gasteiger partial charge in [0.2, 0.25) is 0 Å². The molecule has 4 heteroatoms. The summed E-state index contributed by atoms with van der Waals surface area (Å²) in [7, 11) is 0. The molecule has 0 radical (unpaired) electrons. The molecule has 0 aliphatic heterocycles. The maximum Gasteiger partial charge on any atom is 0.0775 e. The molecule has 2 aliphatic carbocycles. The Morgan fingerprint density at radius 3 is 2.94 bits per heavy atom. The highest BCUT2D eigenvalue weighted by Gasteiger charge is 2.47. The lowest BCUT2D eigenvalue weighted by atomic mass is 9.91. The third-order valence-electron chi connectivity index (χ3n) is 4.17. The van der Waals surface area contributed by atoms with Crippen LogP contribution < -0.4 is 0 Å². The predicted molar refractivity (Wildman–Crippen MR) is 65.9 cm³/mol. The van der Waals surface area contributed by atoms with Crippen molar-refractivity contribution in [2.75, 3.05) is 13.1 Å². The van der Waals surface area contributed by atoms with Crippen molar-refractivity contribution >= 4 is 5.71 Å². The summed E-state index contributed by atoms with van der Waals surface area (Å²) in [5.41, 5.74) is 0.979. The third-order valence-corrected chi connectivity index (χ3v) is 4.17. The molecule has 3 atom stereocenters. The highest BCUT2D eigenvalue weighted by Crippen LogP contribution is 2.45. The molecule has 0 amide bonds. The zero-order chi connectivity index (χ0) is 12.3. The summed E-state index contributed by atoms with van der Waals surface area (Å²) in [5, 5.41) is 21.5. The van der Waals surface area contributed by atoms with Crippen LogP contribution in [0.15, 0.2) is 5.16 Å². The van der Waals surface area contributed by atoms with Gasteiger partial charge < -0.3 is 5.21 Å². The first-order valence-electron chi connectivity index (χ1n) is 6.64. The number of hydrogen-bond acceptors (Lipinski definition) is 4. The first-order valence-corrected chi connectivity index (χ1v) is 6.64. The smallest absolute Gasteiger partial charge is 0.0775 e. The van der Waals surface area contributed by atoms with E-state index in [0.717, 1.165) is 25.2 Å². The molecule has 94 valence electrons. The molecule has 2 aliphatic rings. The highest BCUT2D eigenvalue weighted by atomic mass is 16.4. The maximum atomic E-state index is 9.20. The van der Waals surface area contributed by atoms with E-state index in [-0.39, 0.29) is 0 Å². The summed E-state index contributed by atoms with van der Waals surface area (Å²) in [5.74, 6) is 1.15. The van der Waals surface area contributed by atoms with Crippen molar-refractivity contribution in [1.29, 1.82) is 5.26 Å². The van der Waals surface area contributed by atoms with Gasteiger partial charge in [-0.15, -0.1) is 0 Å². The Balaban J connectivity index is 2.09. The van der Waals surface area contributed by atoms with Crippen LogP contribution in [0.4, 0.5) is 0 Å². The number of nitriles is 1. The number of rotatable bonds is 5. The van der Waals surface area contributed by atoms with E-state index in [1.807, 2.05) is 0 Å². The van der Waals surface area contributed by atoms with Gasteiger partial charge in [-0.25, -0.2) is 0 Å². The standard InChI is InChI=1S/C13H21N3O/c1-2-7-16(8-3-6-14)13-11-5-4-10(9-11)12(13)15-17/h10-11,13,17H,2-5,7-9H2,1H3. The Morgan fingerprint density at radius 2 is 2.29 bits per heavy atom. The number of oxime groups is 1. The lowest BCUT2D eigenvalue weighted by Gasteiger charge is -2.34. The topological polar surface area (TPSA) is 59.6 Å². The van der Waals surface area contributed by atoms with Gasteiger partial charge in [0.25, 0.3) is 0 Å². The zero-order valence-electron chi connectivity index (χ0n) is 10.5. The molecule has 2 bridgehead atoms. The predicted octanol–water partition coefficient (Wildman–Crippen LogP) is 2.24. The monoisotopic (exact) mass is 235 g/mol. The van der Waals surface area contributed by atoms with E-state index in [1.54, 1.807) is 0 Å². The van der Waals surface area contributed by atoms with Gasteiger partial charge in [-0.2, -0.15) is 5.26 Å². The largest absolute Gasteiger partial charge is 0.411 e. The molecule has 0 aromatic heterocycles. The van der Waals surface area contributed by atoms with Crippen molar-refractivity contribution in [2.45, 2.75) is 45.1 Å². The Hall–Kier alpha value is -1.08. The molecule has 3 unspecified atom stereocenters. The third kappa shape index (κ3) is 2.30. The van der Waals surface area contributed by atoms with Crippen molar-refractivity contribution in [3.63, 3.8) is 0 Å². The Labute approximate surface area is 103 Å². The molecule has 0 spiro atoms. The fraction of sp³-hybridized carbons (Fsp3) is 0.846. The van der Waals surface area contributed by atoms with Crippen LogP contribution in [0.1, 0.15) is 39.0 Å². The fourth-order valence-corrected chi connectivity index (χ4v) is 3.55. The van der Waals surface area contributed by atoms with Gasteiger partial charge in [0.05, 0.1) is 17.8 Å². The lowest BCUT2D eigenvalue weighted by Crippen LogP contribution is -2.45. The molecule has 2 fully saturated rings. The summed E-state index contributed by atoms with van der Waals surface area (Å²) in [6, 6.07) is 2.51. The fourth-order valence-electron chi connectivity index (χ4n) is 3.55. The summed E-state index contributed by atoms with van der Waals surface area (Å²) < 4.78 is 0. The van der Waals surface area contributed by atoms with Crippen LogP contribution in [0.2, 0.25) is 0 Å². The average Bonchev–Trinajstić information content (AvgIpc) is 2.94. The van der Waals surface area contributed by atoms with E-state index in [9.17, 15) is 5.21 Å². The van der Waals surface area contributed by atoms with Crippen molar-refractivity contribution in [1.82, 2.24) is 4.90 Å². The molecule has 2 saturated carbocycles. The van der Waals surface area contributed by atoms with Crippen molar-refractivity contribution in [3.8, 4) is 6.07 Å². The molecule has 4 nitrogen and oxygen atoms in total. The zero-order valence-corrected chi connectivity index (χ0v) is 10.5. The summed E-state index contributed by atoms with van der Waals surface area (Å²) in [6.45, 7) is 3.95. The molecular weight excluding hydrogens is 214 g/mol. The van der Waals surface area contributed by atoms with Gasteiger partial charge in [-0.3, -0.25) is 4.90 Å². The van der Waals surface area contributed by atoms with Gasteiger partial charge in [0.15, 0.2) is 0 Å². The Kier molecular flexibility index (Phi) is 4.01. The molecule has 2 rings (SSSR count). The molecule has 17 heavy (non-hydrogen) atoms. The maximum absolute atomic E-state index is 9.20. The first-order chi connectivity index (χ1) is 8.31. The van der Waals surface area contributed by atoms with Crippen LogP contribution in [0.25, 0.3) is 0 Å². The van der Waals surface area contributed by atoms with Crippen LogP contribution in [0.5, 0.6) is 0 Å². The van der Waals surface area contributed by atoms with Crippen LogP contribution >= 0.6 is 0 Å². The minimum atomic E-state index is 0.298. The van der Waals surface area contributed by atoms with E-state index in [1.165, 1.54) is 19.3 Å². The van der Waals surface area contributed by atoms with Gasteiger partial charge in [0.1, 0.15) is 0 Å². The van der Waals surface area contributed by atoms with Gasteiger partial charge in [-0.1, -0.05) is 12.1 Å². The second kappa shape index (κ2) is 5.50. The first kappa shape index (κ1) is 12.4. The Morgan fingerprint density at radius 1 is 1.47 bits per heavy atom. The molecular formula is C13H21N3O. The van der Waals surface area contributed by atoms with E-state index in [2.05, 4.69) is 23.0 Å². The van der Waals surface area contributed by atoms with E-state index in [4.69, 9.17) is 5.26 Å². The number of hydrogen-bond donors (Lipinski definition) is 1. The minimum absolute atomic E-state index is 0.298. The molecule has 0 saturated heterocycles. The summed E-state index contributed by atoms with van der Waals surface area (Å²) >= 11 is 0. The van der Waals surface area contributed by atoms with Crippen molar-refractivity contribution < 1.29 is 5.21 Å². The molecule has 0 aromatic carbocycles. The van der Waals surface area contributed by atoms with Gasteiger partial charge in [0, 0.05) is 18.9 Å². The normalized spacial score (nSPS) is 33.5. The van der Waals surface area contributed by atoms with Crippen molar-refractivity contribution in [2.24, 2.45) is 17.0 Å². The quantitative estimate of drug-likeness (QED) is 0.587. The second-order valence-electron chi connectivity index (χ2n) is 5.18. The molecule has 0 aromatic rings. The SMILES string of the molecule is CCCN(CCC#N)C1C(=NO)C2CCC1C2. The van der Waals surface area contributed by atoms with Crippen LogP contribution in [-0.2, 0) is 0 Å². The van der Waals surface area contributed by atoms with Crippen LogP contribution in [0, 0.1) is 23.2 Å². The van der Waals surface area contributed by atoms with Gasteiger partial charge >= 0.3 is 0 Å². The minimum Gasteiger partial charge on any atom is -0.411 e. The summed E-state index contributed by atoms with van der Waals surface area (Å²) in [6.07, 6.45) is 5.25. The van der Waals surface area contributed by atoms with Crippen LogP contribution in [-0.4, -0.2) is 35.0 Å². The Bertz CT molecular complexity index is 334. The molecule has 0 heterocycles. The van der Waals surface area contributed by atoms with E-state index in [0.29, 0.717) is 24.3 Å². The lowest BCUT2D eigenvalue weighted by molar-refractivity contribution is 0.195. The van der Waals surface area contributed by atoms with Crippen LogP contribution in [0.3, 0.4) is 0 Å². The number of fused-ring (bicyclic) bond motifs is 2. The van der Waals surface area contributed by atoms with E-state index >= 15 is 0 Å². The van der Waals surface area contributed by atoms with E-state index < -0.39 is 0 Å². The summed E-state index contributed by atoms with van der Waals surface area (Å²) in [4.78, 5) is 2.35.